The maximum absolute atomic E-state index is 12.7. The average Bonchev–Trinajstić information content (AvgIpc) is 3.21. The number of rotatable bonds is 7. The first-order chi connectivity index (χ1) is 16.4. The van der Waals surface area contributed by atoms with E-state index in [1.54, 1.807) is 7.11 Å². The second-order valence-corrected chi connectivity index (χ2v) is 10.1. The molecule has 0 aliphatic carbocycles. The molecular weight excluding hydrogens is 444 g/mol. The molecule has 0 bridgehead atoms. The number of anilines is 1. The van der Waals surface area contributed by atoms with Gasteiger partial charge in [0.25, 0.3) is 0 Å². The first-order valence-electron chi connectivity index (χ1n) is 12.0. The second-order valence-electron chi connectivity index (χ2n) is 9.14. The third-order valence-electron chi connectivity index (χ3n) is 6.50. The van der Waals surface area contributed by atoms with Crippen molar-refractivity contribution < 1.29 is 9.53 Å². The zero-order chi connectivity index (χ0) is 24.1. The van der Waals surface area contributed by atoms with E-state index >= 15 is 0 Å². The van der Waals surface area contributed by atoms with Crippen molar-refractivity contribution in [2.45, 2.75) is 45.2 Å². The number of piperidine rings is 1. The normalized spacial score (nSPS) is 17.6. The van der Waals surface area contributed by atoms with Crippen LogP contribution in [0.25, 0.3) is 0 Å². The van der Waals surface area contributed by atoms with Gasteiger partial charge in [-0.1, -0.05) is 44.7 Å². The second kappa shape index (κ2) is 10.7. The van der Waals surface area contributed by atoms with Crippen LogP contribution < -0.4 is 10.1 Å². The van der Waals surface area contributed by atoms with E-state index < -0.39 is 5.66 Å². The van der Waals surface area contributed by atoms with Gasteiger partial charge in [0.2, 0.25) is 5.91 Å². The van der Waals surface area contributed by atoms with Crippen molar-refractivity contribution in [3.63, 3.8) is 0 Å². The molecule has 6 nitrogen and oxygen atoms in total. The number of amides is 1. The molecule has 0 unspecified atom stereocenters. The first kappa shape index (κ1) is 24.5. The Hall–Kier alpha value is -2.64. The molecule has 7 heteroatoms. The summed E-state index contributed by atoms with van der Waals surface area (Å²) < 4.78 is 5.31. The van der Waals surface area contributed by atoms with Crippen molar-refractivity contribution in [2.75, 3.05) is 37.8 Å². The molecule has 1 spiro atoms. The highest BCUT2D eigenvalue weighted by Gasteiger charge is 2.39. The Morgan fingerprint density at radius 1 is 1.09 bits per heavy atom. The molecule has 2 aromatic rings. The highest BCUT2D eigenvalue weighted by Crippen LogP contribution is 2.35. The molecule has 1 fully saturated rings. The summed E-state index contributed by atoms with van der Waals surface area (Å²) in [6.45, 7) is 9.54. The fraction of sp³-hybridized carbons (Fsp3) is 0.444. The van der Waals surface area contributed by atoms with Gasteiger partial charge in [0.1, 0.15) is 10.8 Å². The zero-order valence-corrected chi connectivity index (χ0v) is 21.3. The van der Waals surface area contributed by atoms with Crippen LogP contribution in [-0.2, 0) is 4.79 Å². The third kappa shape index (κ3) is 5.70. The van der Waals surface area contributed by atoms with Gasteiger partial charge in [0, 0.05) is 37.2 Å². The van der Waals surface area contributed by atoms with Crippen LogP contribution in [0.2, 0.25) is 0 Å². The molecule has 2 aromatic carbocycles. The Labute approximate surface area is 206 Å². The van der Waals surface area contributed by atoms with Gasteiger partial charge in [-0.15, -0.1) is 0 Å². The van der Waals surface area contributed by atoms with E-state index in [1.807, 2.05) is 36.4 Å². The van der Waals surface area contributed by atoms with Crippen LogP contribution in [0.4, 0.5) is 5.69 Å². The van der Waals surface area contributed by atoms with E-state index in [0.717, 1.165) is 60.2 Å². The van der Waals surface area contributed by atoms with Crippen molar-refractivity contribution in [1.82, 2.24) is 4.90 Å². The number of hydrogen-bond acceptors (Lipinski definition) is 6. The minimum Gasteiger partial charge on any atom is -0.497 e. The Morgan fingerprint density at radius 3 is 2.35 bits per heavy atom. The largest absolute Gasteiger partial charge is 0.497 e. The molecule has 34 heavy (non-hydrogen) atoms. The quantitative estimate of drug-likeness (QED) is 0.594. The Balaban J connectivity index is 1.47. The summed E-state index contributed by atoms with van der Waals surface area (Å²) >= 11 is 1.47. The number of nitrogens with one attached hydrogen (secondary N) is 1. The van der Waals surface area contributed by atoms with E-state index in [0.29, 0.717) is 5.92 Å². The van der Waals surface area contributed by atoms with E-state index in [1.165, 1.54) is 17.3 Å². The maximum atomic E-state index is 12.7. The lowest BCUT2D eigenvalue weighted by Crippen LogP contribution is -2.41. The molecule has 2 aliphatic heterocycles. The summed E-state index contributed by atoms with van der Waals surface area (Å²) in [7, 11) is 1.66. The molecule has 1 N–H and O–H groups in total. The van der Waals surface area contributed by atoms with Crippen molar-refractivity contribution in [3.8, 4) is 5.75 Å². The molecule has 0 aromatic heterocycles. The van der Waals surface area contributed by atoms with Crippen LogP contribution in [0, 0.1) is 0 Å². The fourth-order valence-corrected chi connectivity index (χ4v) is 5.17. The highest BCUT2D eigenvalue weighted by atomic mass is 32.2. The van der Waals surface area contributed by atoms with Crippen LogP contribution >= 0.6 is 11.8 Å². The standard InChI is InChI=1S/C27H34N4O2S/c1-5-31-16-14-27(15-17-31)29-25(21-8-12-23(33-4)13-9-21)26(30-27)34-18-24(32)28-22-10-6-20(7-11-22)19(2)3/h6-13,19H,5,14-18H2,1-4H3,(H,28,32). The zero-order valence-electron chi connectivity index (χ0n) is 20.5. The third-order valence-corrected chi connectivity index (χ3v) is 7.47. The molecule has 0 radical (unpaired) electrons. The van der Waals surface area contributed by atoms with Crippen molar-refractivity contribution in [1.29, 1.82) is 0 Å². The van der Waals surface area contributed by atoms with Crippen LogP contribution in [-0.4, -0.2) is 59.7 Å². The molecule has 2 heterocycles. The monoisotopic (exact) mass is 478 g/mol. The van der Waals surface area contributed by atoms with Crippen LogP contribution in [0.15, 0.2) is 58.5 Å². The van der Waals surface area contributed by atoms with Gasteiger partial charge in [-0.05, 0) is 54.4 Å². The number of thioether (sulfide) groups is 1. The smallest absolute Gasteiger partial charge is 0.234 e. The predicted octanol–water partition coefficient (Wildman–Crippen LogP) is 5.20. The molecule has 2 aliphatic rings. The predicted molar refractivity (Wildman–Crippen MR) is 143 cm³/mol. The van der Waals surface area contributed by atoms with Gasteiger partial charge in [0.05, 0.1) is 18.6 Å². The van der Waals surface area contributed by atoms with Crippen molar-refractivity contribution in [3.05, 3.63) is 59.7 Å². The van der Waals surface area contributed by atoms with Crippen LogP contribution in [0.1, 0.15) is 50.7 Å². The lowest BCUT2D eigenvalue weighted by Gasteiger charge is -2.34. The summed E-state index contributed by atoms with van der Waals surface area (Å²) in [5.41, 5.74) is 3.55. The molecule has 0 atom stereocenters. The van der Waals surface area contributed by atoms with Crippen LogP contribution in [0.3, 0.4) is 0 Å². The van der Waals surface area contributed by atoms with E-state index in [9.17, 15) is 4.79 Å². The van der Waals surface area contributed by atoms with E-state index in [4.69, 9.17) is 14.7 Å². The number of nitrogens with zero attached hydrogens (tertiary/aromatic N) is 3. The van der Waals surface area contributed by atoms with Crippen molar-refractivity contribution >= 4 is 34.1 Å². The lowest BCUT2D eigenvalue weighted by atomic mass is 9.98. The van der Waals surface area contributed by atoms with E-state index in [-0.39, 0.29) is 11.7 Å². The lowest BCUT2D eigenvalue weighted by molar-refractivity contribution is -0.113. The summed E-state index contributed by atoms with van der Waals surface area (Å²) in [5, 5.41) is 3.86. The number of aliphatic imine (C=N–C) groups is 2. The number of methoxy groups -OCH3 is 1. The summed E-state index contributed by atoms with van der Waals surface area (Å²) in [6, 6.07) is 16.0. The Bertz CT molecular complexity index is 1050. The highest BCUT2D eigenvalue weighted by molar-refractivity contribution is 8.16. The minimum atomic E-state index is -0.410. The number of ether oxygens (including phenoxy) is 1. The average molecular weight is 479 g/mol. The molecule has 4 rings (SSSR count). The van der Waals surface area contributed by atoms with Gasteiger partial charge in [-0.3, -0.25) is 9.79 Å². The molecular formula is C27H34N4O2S. The Morgan fingerprint density at radius 2 is 1.76 bits per heavy atom. The van der Waals surface area contributed by atoms with Gasteiger partial charge >= 0.3 is 0 Å². The topological polar surface area (TPSA) is 66.3 Å². The molecule has 0 saturated carbocycles. The van der Waals surface area contributed by atoms with Crippen LogP contribution in [0.5, 0.6) is 5.75 Å². The molecule has 1 saturated heterocycles. The summed E-state index contributed by atoms with van der Waals surface area (Å²) in [6.07, 6.45) is 1.80. The van der Waals surface area contributed by atoms with E-state index in [2.05, 4.69) is 43.1 Å². The molecule has 180 valence electrons. The fourth-order valence-electron chi connectivity index (χ4n) is 4.29. The van der Waals surface area contributed by atoms with Crippen molar-refractivity contribution in [2.24, 2.45) is 9.98 Å². The van der Waals surface area contributed by atoms with Gasteiger partial charge in [-0.25, -0.2) is 4.99 Å². The van der Waals surface area contributed by atoms with Gasteiger partial charge in [-0.2, -0.15) is 0 Å². The molecule has 1 amide bonds. The number of carbonyl (C=O) groups excluding carboxylic acids is 1. The first-order valence-corrected chi connectivity index (χ1v) is 13.0. The van der Waals surface area contributed by atoms with Gasteiger partial charge in [0.15, 0.2) is 5.66 Å². The summed E-state index contributed by atoms with van der Waals surface area (Å²) in [4.78, 5) is 25.4. The number of hydrogen-bond donors (Lipinski definition) is 1. The Kier molecular flexibility index (Phi) is 7.73. The SMILES string of the molecule is CCN1CCC2(CC1)N=C(SCC(=O)Nc1ccc(C(C)C)cc1)C(c1ccc(OC)cc1)=N2. The van der Waals surface area contributed by atoms with Gasteiger partial charge < -0.3 is 15.0 Å². The summed E-state index contributed by atoms with van der Waals surface area (Å²) in [5.74, 6) is 1.52. The maximum Gasteiger partial charge on any atom is 0.234 e. The number of benzene rings is 2. The minimum absolute atomic E-state index is 0.0409. The number of likely N-dealkylation sites (tertiary alicyclic amines) is 1. The number of carbonyl (C=O) groups is 1.